The lowest BCUT2D eigenvalue weighted by Crippen LogP contribution is -2.36. The molecular formula is C14H18N2O3. The molecule has 0 bridgehead atoms. The standard InChI is InChI=1S/C14H18N2O3/c1-9-2-3-13-10(4-9)5-11(18-13)7-16-8-12(6-15)19-14(16)17/h2-4,11-12H,5-8,15H2,1H3. The molecular weight excluding hydrogens is 244 g/mol. The third-order valence-electron chi connectivity index (χ3n) is 3.59. The van der Waals surface area contributed by atoms with Gasteiger partial charge >= 0.3 is 6.09 Å². The fourth-order valence-corrected chi connectivity index (χ4v) is 2.64. The summed E-state index contributed by atoms with van der Waals surface area (Å²) in [5.74, 6) is 0.929. The van der Waals surface area contributed by atoms with Crippen molar-refractivity contribution in [1.29, 1.82) is 0 Å². The van der Waals surface area contributed by atoms with Crippen LogP contribution in [0.15, 0.2) is 18.2 Å². The minimum absolute atomic E-state index is 0.0147. The monoisotopic (exact) mass is 262 g/mol. The Labute approximate surface area is 112 Å². The smallest absolute Gasteiger partial charge is 0.410 e. The number of nitrogens with zero attached hydrogens (tertiary/aromatic N) is 1. The molecule has 0 spiro atoms. The number of fused-ring (bicyclic) bond motifs is 1. The van der Waals surface area contributed by atoms with Crippen molar-refractivity contribution in [2.45, 2.75) is 25.6 Å². The maximum Gasteiger partial charge on any atom is 0.410 e. The molecule has 2 unspecified atom stereocenters. The predicted molar refractivity (Wildman–Crippen MR) is 70.2 cm³/mol. The maximum atomic E-state index is 11.7. The number of amides is 1. The van der Waals surface area contributed by atoms with Crippen molar-refractivity contribution >= 4 is 6.09 Å². The van der Waals surface area contributed by atoms with Crippen molar-refractivity contribution < 1.29 is 14.3 Å². The molecule has 1 amide bonds. The zero-order valence-electron chi connectivity index (χ0n) is 11.0. The molecule has 0 aromatic heterocycles. The number of aryl methyl sites for hydroxylation is 1. The molecule has 1 saturated heterocycles. The molecule has 1 aromatic carbocycles. The topological polar surface area (TPSA) is 64.8 Å². The van der Waals surface area contributed by atoms with Crippen LogP contribution in [0.5, 0.6) is 5.75 Å². The Morgan fingerprint density at radius 2 is 2.21 bits per heavy atom. The average molecular weight is 262 g/mol. The molecule has 102 valence electrons. The van der Waals surface area contributed by atoms with Gasteiger partial charge in [-0.25, -0.2) is 4.79 Å². The fourth-order valence-electron chi connectivity index (χ4n) is 2.64. The van der Waals surface area contributed by atoms with Gasteiger partial charge in [-0.05, 0) is 18.6 Å². The van der Waals surface area contributed by atoms with Gasteiger partial charge in [-0.2, -0.15) is 0 Å². The number of carbonyl (C=O) groups excluding carboxylic acids is 1. The highest BCUT2D eigenvalue weighted by Crippen LogP contribution is 2.30. The lowest BCUT2D eigenvalue weighted by atomic mass is 10.1. The van der Waals surface area contributed by atoms with E-state index in [2.05, 4.69) is 13.0 Å². The molecule has 0 aliphatic carbocycles. The van der Waals surface area contributed by atoms with Crippen molar-refractivity contribution in [3.8, 4) is 5.75 Å². The van der Waals surface area contributed by atoms with E-state index in [4.69, 9.17) is 15.2 Å². The van der Waals surface area contributed by atoms with Crippen LogP contribution in [0.3, 0.4) is 0 Å². The van der Waals surface area contributed by atoms with Gasteiger partial charge in [0.15, 0.2) is 0 Å². The van der Waals surface area contributed by atoms with Gasteiger partial charge in [-0.1, -0.05) is 17.7 Å². The second kappa shape index (κ2) is 4.74. The third kappa shape index (κ3) is 2.38. The van der Waals surface area contributed by atoms with Gasteiger partial charge in [0.2, 0.25) is 0 Å². The summed E-state index contributed by atoms with van der Waals surface area (Å²) in [5, 5.41) is 0. The molecule has 2 aliphatic heterocycles. The van der Waals surface area contributed by atoms with Crippen LogP contribution in [0.1, 0.15) is 11.1 Å². The quantitative estimate of drug-likeness (QED) is 0.885. The number of cyclic esters (lactones) is 1. The van der Waals surface area contributed by atoms with Gasteiger partial charge in [0.1, 0.15) is 18.0 Å². The van der Waals surface area contributed by atoms with Gasteiger partial charge in [0.05, 0.1) is 13.1 Å². The number of hydrogen-bond donors (Lipinski definition) is 1. The zero-order valence-corrected chi connectivity index (χ0v) is 11.0. The first-order chi connectivity index (χ1) is 9.15. The number of benzene rings is 1. The second-order valence-electron chi connectivity index (χ2n) is 5.20. The molecule has 2 heterocycles. The van der Waals surface area contributed by atoms with Crippen LogP contribution in [0.4, 0.5) is 4.79 Å². The van der Waals surface area contributed by atoms with Crippen molar-refractivity contribution in [2.24, 2.45) is 5.73 Å². The van der Waals surface area contributed by atoms with Gasteiger partial charge in [0.25, 0.3) is 0 Å². The molecule has 2 atom stereocenters. The summed E-state index contributed by atoms with van der Waals surface area (Å²) in [6.07, 6.45) is 0.388. The van der Waals surface area contributed by atoms with Gasteiger partial charge in [0, 0.05) is 13.0 Å². The number of nitrogens with two attached hydrogens (primary N) is 1. The SMILES string of the molecule is Cc1ccc2c(c1)CC(CN1CC(CN)OC1=O)O2. The molecule has 1 fully saturated rings. The summed E-state index contributed by atoms with van der Waals surface area (Å²) in [6.45, 7) is 3.55. The van der Waals surface area contributed by atoms with E-state index in [9.17, 15) is 4.79 Å². The van der Waals surface area contributed by atoms with Crippen molar-refractivity contribution in [1.82, 2.24) is 4.90 Å². The molecule has 5 heteroatoms. The first-order valence-electron chi connectivity index (χ1n) is 6.57. The lowest BCUT2D eigenvalue weighted by Gasteiger charge is -2.17. The van der Waals surface area contributed by atoms with Crippen LogP contribution in [0, 0.1) is 6.92 Å². The minimum atomic E-state index is -0.286. The predicted octanol–water partition coefficient (Wildman–Crippen LogP) is 1.08. The van der Waals surface area contributed by atoms with Gasteiger partial charge in [-0.15, -0.1) is 0 Å². The zero-order chi connectivity index (χ0) is 13.4. The highest BCUT2D eigenvalue weighted by atomic mass is 16.6. The Kier molecular flexibility index (Phi) is 3.06. The number of hydrogen-bond acceptors (Lipinski definition) is 4. The molecule has 2 N–H and O–H groups in total. The number of ether oxygens (including phenoxy) is 2. The molecule has 5 nitrogen and oxygen atoms in total. The lowest BCUT2D eigenvalue weighted by molar-refractivity contribution is 0.126. The molecule has 0 radical (unpaired) electrons. The molecule has 3 rings (SSSR count). The average Bonchev–Trinajstić information content (AvgIpc) is 2.93. The van der Waals surface area contributed by atoms with E-state index in [1.54, 1.807) is 4.90 Å². The molecule has 19 heavy (non-hydrogen) atoms. The fraction of sp³-hybridized carbons (Fsp3) is 0.500. The van der Waals surface area contributed by atoms with Crippen LogP contribution in [-0.4, -0.2) is 42.8 Å². The summed E-state index contributed by atoms with van der Waals surface area (Å²) >= 11 is 0. The molecule has 2 aliphatic rings. The van der Waals surface area contributed by atoms with Crippen molar-refractivity contribution in [3.63, 3.8) is 0 Å². The van der Waals surface area contributed by atoms with E-state index in [-0.39, 0.29) is 18.3 Å². The normalized spacial score (nSPS) is 25.2. The number of carbonyl (C=O) groups is 1. The Morgan fingerprint density at radius 3 is 2.95 bits per heavy atom. The van der Waals surface area contributed by atoms with Crippen LogP contribution < -0.4 is 10.5 Å². The largest absolute Gasteiger partial charge is 0.488 e. The van der Waals surface area contributed by atoms with Crippen LogP contribution in [0.2, 0.25) is 0 Å². The Balaban J connectivity index is 1.63. The number of rotatable bonds is 3. The Bertz CT molecular complexity index is 503. The highest BCUT2D eigenvalue weighted by molar-refractivity contribution is 5.70. The van der Waals surface area contributed by atoms with Crippen molar-refractivity contribution in [3.05, 3.63) is 29.3 Å². The summed E-state index contributed by atoms with van der Waals surface area (Å²) in [4.78, 5) is 13.3. The maximum absolute atomic E-state index is 11.7. The van der Waals surface area contributed by atoms with E-state index >= 15 is 0 Å². The summed E-state index contributed by atoms with van der Waals surface area (Å²) in [6, 6.07) is 6.17. The van der Waals surface area contributed by atoms with E-state index in [1.165, 1.54) is 11.1 Å². The van der Waals surface area contributed by atoms with Gasteiger partial charge < -0.3 is 20.1 Å². The Morgan fingerprint density at radius 1 is 1.37 bits per heavy atom. The summed E-state index contributed by atoms with van der Waals surface area (Å²) in [5.41, 5.74) is 7.96. The third-order valence-corrected chi connectivity index (χ3v) is 3.59. The van der Waals surface area contributed by atoms with E-state index in [1.807, 2.05) is 12.1 Å². The molecule has 1 aromatic rings. The van der Waals surface area contributed by atoms with Gasteiger partial charge in [-0.3, -0.25) is 0 Å². The highest BCUT2D eigenvalue weighted by Gasteiger charge is 2.34. The van der Waals surface area contributed by atoms with Crippen LogP contribution in [0.25, 0.3) is 0 Å². The molecule has 0 saturated carbocycles. The second-order valence-corrected chi connectivity index (χ2v) is 5.20. The Hall–Kier alpha value is -1.75. The summed E-state index contributed by atoms with van der Waals surface area (Å²) < 4.78 is 11.0. The van der Waals surface area contributed by atoms with E-state index in [0.717, 1.165) is 12.2 Å². The van der Waals surface area contributed by atoms with E-state index in [0.29, 0.717) is 19.6 Å². The minimum Gasteiger partial charge on any atom is -0.488 e. The first kappa shape index (κ1) is 12.3. The van der Waals surface area contributed by atoms with E-state index < -0.39 is 0 Å². The van der Waals surface area contributed by atoms with Crippen LogP contribution in [-0.2, 0) is 11.2 Å². The van der Waals surface area contributed by atoms with Crippen LogP contribution >= 0.6 is 0 Å². The first-order valence-corrected chi connectivity index (χ1v) is 6.57. The summed E-state index contributed by atoms with van der Waals surface area (Å²) in [7, 11) is 0. The van der Waals surface area contributed by atoms with Crippen molar-refractivity contribution in [2.75, 3.05) is 19.6 Å².